The number of aliphatic hydroxyl groups excluding tert-OH is 1. The van der Waals surface area contributed by atoms with Crippen molar-refractivity contribution in [2.75, 3.05) is 6.54 Å². The van der Waals surface area contributed by atoms with Crippen LogP contribution in [-0.4, -0.2) is 21.4 Å². The van der Waals surface area contributed by atoms with Crippen LogP contribution in [0.15, 0.2) is 91.1 Å². The number of para-hydroxylation sites is 1. The highest BCUT2D eigenvalue weighted by Crippen LogP contribution is 2.24. The third kappa shape index (κ3) is 4.59. The maximum absolute atomic E-state index is 13.4. The number of benzene rings is 3. The maximum Gasteiger partial charge on any atom is 0.123 e. The number of hydrogen-bond donors (Lipinski definition) is 2. The standard InChI is InChI=1S/C24H22FN3O/c25-21-13-11-19(12-14-21)24-20(17-28(27-24)22-9-5-2-6-10-22)15-26-16-23(29)18-7-3-1-4-8-18/h1-14,17,23,26,29H,15-16H2/t23-/m0/s1. The SMILES string of the molecule is O[C@@H](CNCc1cn(-c2ccccc2)nc1-c1ccc(F)cc1)c1ccccc1. The molecule has 0 aliphatic rings. The molecule has 3 aromatic carbocycles. The van der Waals surface area contributed by atoms with E-state index in [0.29, 0.717) is 13.1 Å². The zero-order valence-electron chi connectivity index (χ0n) is 15.9. The molecule has 2 N–H and O–H groups in total. The van der Waals surface area contributed by atoms with Gasteiger partial charge in [0.05, 0.1) is 17.5 Å². The van der Waals surface area contributed by atoms with Crippen LogP contribution in [0.2, 0.25) is 0 Å². The lowest BCUT2D eigenvalue weighted by Crippen LogP contribution is -2.21. The van der Waals surface area contributed by atoms with Crippen LogP contribution in [0.25, 0.3) is 16.9 Å². The van der Waals surface area contributed by atoms with E-state index in [1.54, 1.807) is 12.1 Å². The van der Waals surface area contributed by atoms with E-state index in [0.717, 1.165) is 28.1 Å². The summed E-state index contributed by atoms with van der Waals surface area (Å²) in [5, 5.41) is 18.4. The second-order valence-corrected chi connectivity index (χ2v) is 6.85. The zero-order valence-corrected chi connectivity index (χ0v) is 15.9. The number of hydrogen-bond acceptors (Lipinski definition) is 3. The Kier molecular flexibility index (Phi) is 5.79. The third-order valence-corrected chi connectivity index (χ3v) is 4.77. The molecule has 5 heteroatoms. The third-order valence-electron chi connectivity index (χ3n) is 4.77. The molecular weight excluding hydrogens is 365 g/mol. The molecule has 0 aliphatic carbocycles. The normalized spacial score (nSPS) is 12.1. The van der Waals surface area contributed by atoms with Crippen LogP contribution in [0.5, 0.6) is 0 Å². The summed E-state index contributed by atoms with van der Waals surface area (Å²) in [6, 6.07) is 25.8. The number of aliphatic hydroxyl groups is 1. The molecule has 146 valence electrons. The zero-order chi connectivity index (χ0) is 20.1. The summed E-state index contributed by atoms with van der Waals surface area (Å²) in [6.07, 6.45) is 1.38. The van der Waals surface area contributed by atoms with Crippen LogP contribution in [0.1, 0.15) is 17.2 Å². The van der Waals surface area contributed by atoms with Gasteiger partial charge in [-0.25, -0.2) is 9.07 Å². The Morgan fingerprint density at radius 1 is 0.897 bits per heavy atom. The van der Waals surface area contributed by atoms with Crippen molar-refractivity contribution in [2.45, 2.75) is 12.6 Å². The monoisotopic (exact) mass is 387 g/mol. The van der Waals surface area contributed by atoms with Gasteiger partial charge in [-0.05, 0) is 42.0 Å². The highest BCUT2D eigenvalue weighted by atomic mass is 19.1. The van der Waals surface area contributed by atoms with Crippen LogP contribution in [-0.2, 0) is 6.54 Å². The van der Waals surface area contributed by atoms with E-state index in [1.807, 2.05) is 71.5 Å². The van der Waals surface area contributed by atoms with Crippen molar-refractivity contribution in [1.29, 1.82) is 0 Å². The fraction of sp³-hybridized carbons (Fsp3) is 0.125. The van der Waals surface area contributed by atoms with Crippen molar-refractivity contribution in [3.63, 3.8) is 0 Å². The van der Waals surface area contributed by atoms with Gasteiger partial charge in [0.25, 0.3) is 0 Å². The van der Waals surface area contributed by atoms with Gasteiger partial charge in [0, 0.05) is 30.4 Å². The molecule has 0 fully saturated rings. The molecule has 0 bridgehead atoms. The molecule has 4 aromatic rings. The van der Waals surface area contributed by atoms with Gasteiger partial charge in [-0.3, -0.25) is 0 Å². The van der Waals surface area contributed by atoms with Crippen molar-refractivity contribution in [3.05, 3.63) is 108 Å². The van der Waals surface area contributed by atoms with Crippen molar-refractivity contribution < 1.29 is 9.50 Å². The van der Waals surface area contributed by atoms with E-state index >= 15 is 0 Å². The van der Waals surface area contributed by atoms with E-state index in [9.17, 15) is 9.50 Å². The van der Waals surface area contributed by atoms with Gasteiger partial charge in [0.2, 0.25) is 0 Å². The fourth-order valence-corrected chi connectivity index (χ4v) is 3.24. The van der Waals surface area contributed by atoms with Crippen LogP contribution >= 0.6 is 0 Å². The van der Waals surface area contributed by atoms with E-state index in [1.165, 1.54) is 12.1 Å². The molecule has 4 nitrogen and oxygen atoms in total. The highest BCUT2D eigenvalue weighted by Gasteiger charge is 2.13. The lowest BCUT2D eigenvalue weighted by molar-refractivity contribution is 0.174. The first-order valence-corrected chi connectivity index (χ1v) is 9.54. The van der Waals surface area contributed by atoms with Crippen molar-refractivity contribution in [2.24, 2.45) is 0 Å². The first-order valence-electron chi connectivity index (χ1n) is 9.54. The molecule has 0 spiro atoms. The highest BCUT2D eigenvalue weighted by molar-refractivity contribution is 5.63. The molecular formula is C24H22FN3O. The van der Waals surface area contributed by atoms with E-state index < -0.39 is 6.10 Å². The van der Waals surface area contributed by atoms with Gasteiger partial charge in [0.15, 0.2) is 0 Å². The first-order chi connectivity index (χ1) is 14.2. The Labute approximate surface area is 169 Å². The second kappa shape index (κ2) is 8.82. The first kappa shape index (κ1) is 19.1. The Morgan fingerprint density at radius 2 is 1.55 bits per heavy atom. The van der Waals surface area contributed by atoms with Crippen LogP contribution in [0.4, 0.5) is 4.39 Å². The largest absolute Gasteiger partial charge is 0.387 e. The smallest absolute Gasteiger partial charge is 0.123 e. The van der Waals surface area contributed by atoms with Crippen LogP contribution in [0, 0.1) is 5.82 Å². The number of halogens is 1. The summed E-state index contributed by atoms with van der Waals surface area (Å²) in [5.74, 6) is -0.276. The number of nitrogens with zero attached hydrogens (tertiary/aromatic N) is 2. The molecule has 0 amide bonds. The topological polar surface area (TPSA) is 50.1 Å². The summed E-state index contributed by atoms with van der Waals surface area (Å²) in [6.45, 7) is 0.951. The molecule has 0 saturated heterocycles. The lowest BCUT2D eigenvalue weighted by atomic mass is 10.1. The van der Waals surface area contributed by atoms with Crippen LogP contribution < -0.4 is 5.32 Å². The summed E-state index contributed by atoms with van der Waals surface area (Å²) in [5.41, 5.74) is 4.43. The Bertz CT molecular complexity index is 1050. The van der Waals surface area contributed by atoms with Gasteiger partial charge in [-0.1, -0.05) is 48.5 Å². The van der Waals surface area contributed by atoms with Crippen molar-refractivity contribution >= 4 is 0 Å². The van der Waals surface area contributed by atoms with Crippen molar-refractivity contribution in [3.8, 4) is 16.9 Å². The molecule has 1 heterocycles. The molecule has 1 atom stereocenters. The second-order valence-electron chi connectivity index (χ2n) is 6.85. The minimum atomic E-state index is -0.588. The molecule has 0 unspecified atom stereocenters. The summed E-state index contributed by atoms with van der Waals surface area (Å²) < 4.78 is 15.2. The minimum absolute atomic E-state index is 0.276. The Balaban J connectivity index is 1.56. The van der Waals surface area contributed by atoms with E-state index in [2.05, 4.69) is 5.32 Å². The lowest BCUT2D eigenvalue weighted by Gasteiger charge is -2.12. The predicted octanol–water partition coefficient (Wildman–Crippen LogP) is 4.50. The molecule has 1 aromatic heterocycles. The quantitative estimate of drug-likeness (QED) is 0.491. The van der Waals surface area contributed by atoms with Gasteiger partial charge in [0.1, 0.15) is 5.82 Å². The predicted molar refractivity (Wildman–Crippen MR) is 112 cm³/mol. The maximum atomic E-state index is 13.4. The number of nitrogens with one attached hydrogen (secondary N) is 1. The Morgan fingerprint density at radius 3 is 2.24 bits per heavy atom. The Hall–Kier alpha value is -3.28. The van der Waals surface area contributed by atoms with E-state index in [-0.39, 0.29) is 5.82 Å². The molecule has 0 aliphatic heterocycles. The van der Waals surface area contributed by atoms with Gasteiger partial charge in [-0.15, -0.1) is 0 Å². The number of rotatable bonds is 7. The number of aromatic nitrogens is 2. The van der Waals surface area contributed by atoms with Gasteiger partial charge in [-0.2, -0.15) is 5.10 Å². The average Bonchev–Trinajstić information content (AvgIpc) is 3.19. The minimum Gasteiger partial charge on any atom is -0.387 e. The molecule has 0 saturated carbocycles. The van der Waals surface area contributed by atoms with Crippen LogP contribution in [0.3, 0.4) is 0 Å². The molecule has 4 rings (SSSR count). The van der Waals surface area contributed by atoms with Gasteiger partial charge >= 0.3 is 0 Å². The summed E-state index contributed by atoms with van der Waals surface area (Å²) >= 11 is 0. The summed E-state index contributed by atoms with van der Waals surface area (Å²) in [7, 11) is 0. The van der Waals surface area contributed by atoms with E-state index in [4.69, 9.17) is 5.10 Å². The summed E-state index contributed by atoms with van der Waals surface area (Å²) in [4.78, 5) is 0. The average molecular weight is 387 g/mol. The van der Waals surface area contributed by atoms with Crippen molar-refractivity contribution in [1.82, 2.24) is 15.1 Å². The van der Waals surface area contributed by atoms with Gasteiger partial charge < -0.3 is 10.4 Å². The fourth-order valence-electron chi connectivity index (χ4n) is 3.24. The molecule has 0 radical (unpaired) electrons. The molecule has 29 heavy (non-hydrogen) atoms.